The van der Waals surface area contributed by atoms with Crippen LogP contribution >= 0.6 is 34.8 Å². The second-order valence-electron chi connectivity index (χ2n) is 4.82. The maximum Gasteiger partial charge on any atom is 0.354 e. The highest BCUT2D eigenvalue weighted by molar-refractivity contribution is 6.77. The van der Waals surface area contributed by atoms with Gasteiger partial charge in [0.15, 0.2) is 0 Å². The average molecular weight is 355 g/mol. The summed E-state index contributed by atoms with van der Waals surface area (Å²) in [4.78, 5) is 23.8. The smallest absolute Gasteiger partial charge is 0.354 e. The molecule has 2 rings (SSSR count). The van der Waals surface area contributed by atoms with E-state index in [0.717, 1.165) is 12.8 Å². The van der Waals surface area contributed by atoms with Gasteiger partial charge in [0.1, 0.15) is 5.69 Å². The molecule has 1 fully saturated rings. The Labute approximate surface area is 137 Å². The van der Waals surface area contributed by atoms with Crippen LogP contribution in [0.3, 0.4) is 0 Å². The monoisotopic (exact) mass is 353 g/mol. The van der Waals surface area contributed by atoms with Gasteiger partial charge in [0.2, 0.25) is 5.78 Å². The second-order valence-corrected chi connectivity index (χ2v) is 7.10. The molecule has 0 saturated heterocycles. The number of esters is 1. The van der Waals surface area contributed by atoms with E-state index >= 15 is 0 Å². The Morgan fingerprint density at radius 1 is 1.29 bits per heavy atom. The molecule has 1 saturated carbocycles. The van der Waals surface area contributed by atoms with Gasteiger partial charge in [-0.15, -0.1) is 0 Å². The highest BCUT2D eigenvalue weighted by Crippen LogP contribution is 2.37. The van der Waals surface area contributed by atoms with Crippen LogP contribution in [0, 0.1) is 0 Å². The third-order valence-corrected chi connectivity index (χ3v) is 4.07. The lowest BCUT2D eigenvalue weighted by molar-refractivity contribution is 0.00469. The van der Waals surface area contributed by atoms with Crippen molar-refractivity contribution in [3.05, 3.63) is 23.5 Å². The summed E-state index contributed by atoms with van der Waals surface area (Å²) in [5.74, 6) is -1.22. The summed E-state index contributed by atoms with van der Waals surface area (Å²) in [5, 5.41) is 0. The van der Waals surface area contributed by atoms with Crippen molar-refractivity contribution in [3.8, 4) is 0 Å². The number of Topliss-reactive ketones (excluding diaryl/α,β-unsaturated/α-hetero) is 1. The zero-order chi connectivity index (χ0) is 15.8. The van der Waals surface area contributed by atoms with Crippen LogP contribution in [-0.2, 0) is 9.47 Å². The lowest BCUT2D eigenvalue weighted by atomic mass is 9.89. The SMILES string of the molecule is COC(=O)c1cc(C(=O)C(Cl)(Cl)Cl)cn1C1CC(OC)C1. The van der Waals surface area contributed by atoms with Crippen LogP contribution in [0.5, 0.6) is 0 Å². The minimum absolute atomic E-state index is 0.0565. The molecule has 1 aliphatic rings. The fourth-order valence-corrected chi connectivity index (χ4v) is 2.62. The first-order valence-electron chi connectivity index (χ1n) is 6.22. The Kier molecular flexibility index (Phi) is 4.88. The van der Waals surface area contributed by atoms with Gasteiger partial charge in [0.05, 0.1) is 13.2 Å². The van der Waals surface area contributed by atoms with Gasteiger partial charge in [-0.25, -0.2) is 4.79 Å². The molecular weight excluding hydrogens is 341 g/mol. The molecule has 0 N–H and O–H groups in total. The summed E-state index contributed by atoms with van der Waals surface area (Å²) in [7, 11) is 2.91. The van der Waals surface area contributed by atoms with Crippen molar-refractivity contribution in [1.82, 2.24) is 4.57 Å². The summed E-state index contributed by atoms with van der Waals surface area (Å²) in [6.45, 7) is 0. The van der Waals surface area contributed by atoms with Gasteiger partial charge in [-0.05, 0) is 18.9 Å². The molecule has 5 nitrogen and oxygen atoms in total. The second kappa shape index (κ2) is 6.16. The summed E-state index contributed by atoms with van der Waals surface area (Å²) >= 11 is 16.8. The van der Waals surface area contributed by atoms with Crippen molar-refractivity contribution in [1.29, 1.82) is 0 Å². The zero-order valence-corrected chi connectivity index (χ0v) is 13.7. The molecule has 0 spiro atoms. The Morgan fingerprint density at radius 3 is 2.38 bits per heavy atom. The number of halogens is 3. The summed E-state index contributed by atoms with van der Waals surface area (Å²) in [5.41, 5.74) is 0.422. The van der Waals surface area contributed by atoms with Gasteiger partial charge in [-0.2, -0.15) is 0 Å². The molecule has 116 valence electrons. The number of methoxy groups -OCH3 is 2. The number of ketones is 1. The van der Waals surface area contributed by atoms with Gasteiger partial charge < -0.3 is 14.0 Å². The zero-order valence-electron chi connectivity index (χ0n) is 11.4. The van der Waals surface area contributed by atoms with Crippen molar-refractivity contribution in [2.24, 2.45) is 0 Å². The Bertz CT molecular complexity index is 558. The highest BCUT2D eigenvalue weighted by Gasteiger charge is 2.37. The van der Waals surface area contributed by atoms with Crippen LogP contribution in [0.1, 0.15) is 39.7 Å². The summed E-state index contributed by atoms with van der Waals surface area (Å²) in [6, 6.07) is 1.44. The first-order chi connectivity index (χ1) is 9.77. The van der Waals surface area contributed by atoms with Crippen molar-refractivity contribution < 1.29 is 19.1 Å². The van der Waals surface area contributed by atoms with Crippen molar-refractivity contribution in [3.63, 3.8) is 0 Å². The van der Waals surface area contributed by atoms with Gasteiger partial charge in [-0.3, -0.25) is 4.79 Å². The van der Waals surface area contributed by atoms with E-state index in [0.29, 0.717) is 0 Å². The number of aromatic nitrogens is 1. The van der Waals surface area contributed by atoms with Crippen LogP contribution in [-0.4, -0.2) is 40.4 Å². The van der Waals surface area contributed by atoms with Gasteiger partial charge in [0, 0.05) is 24.9 Å². The topological polar surface area (TPSA) is 57.5 Å². The first-order valence-corrected chi connectivity index (χ1v) is 7.35. The van der Waals surface area contributed by atoms with Gasteiger partial charge >= 0.3 is 5.97 Å². The molecule has 1 aromatic rings. The molecule has 1 aliphatic carbocycles. The Balaban J connectivity index is 2.33. The summed E-state index contributed by atoms with van der Waals surface area (Å²) in [6.07, 6.45) is 3.16. The van der Waals surface area contributed by atoms with Crippen LogP contribution < -0.4 is 0 Å². The van der Waals surface area contributed by atoms with Crippen molar-refractivity contribution >= 4 is 46.6 Å². The molecule has 0 aromatic carbocycles. The van der Waals surface area contributed by atoms with E-state index in [2.05, 4.69) is 0 Å². The number of alkyl halides is 3. The van der Waals surface area contributed by atoms with Crippen molar-refractivity contribution in [2.75, 3.05) is 14.2 Å². The van der Waals surface area contributed by atoms with E-state index in [4.69, 9.17) is 44.3 Å². The summed E-state index contributed by atoms with van der Waals surface area (Å²) < 4.78 is 9.56. The van der Waals surface area contributed by atoms with Crippen LogP contribution in [0.25, 0.3) is 0 Å². The largest absolute Gasteiger partial charge is 0.464 e. The van der Waals surface area contributed by atoms with E-state index < -0.39 is 15.5 Å². The normalized spacial score (nSPS) is 21.8. The number of nitrogens with zero attached hydrogens (tertiary/aromatic N) is 1. The number of hydrogen-bond donors (Lipinski definition) is 0. The molecule has 8 heteroatoms. The third-order valence-electron chi connectivity index (χ3n) is 3.56. The van der Waals surface area contributed by atoms with Gasteiger partial charge in [0.25, 0.3) is 3.79 Å². The molecule has 0 bridgehead atoms. The fourth-order valence-electron chi connectivity index (χ4n) is 2.29. The molecular formula is C13H14Cl3NO4. The predicted molar refractivity (Wildman–Crippen MR) is 79.5 cm³/mol. The molecule has 21 heavy (non-hydrogen) atoms. The maximum absolute atomic E-state index is 12.0. The molecule has 0 aliphatic heterocycles. The number of ether oxygens (including phenoxy) is 2. The lowest BCUT2D eigenvalue weighted by Gasteiger charge is -2.35. The molecule has 0 radical (unpaired) electrons. The van der Waals surface area contributed by atoms with Crippen LogP contribution in [0.15, 0.2) is 12.3 Å². The fraction of sp³-hybridized carbons (Fsp3) is 0.538. The van der Waals surface area contributed by atoms with E-state index in [-0.39, 0.29) is 23.4 Å². The average Bonchev–Trinajstić information content (AvgIpc) is 2.79. The molecule has 1 aromatic heterocycles. The molecule has 0 unspecified atom stereocenters. The number of carbonyl (C=O) groups excluding carboxylic acids is 2. The maximum atomic E-state index is 12.0. The lowest BCUT2D eigenvalue weighted by Crippen LogP contribution is -2.33. The van der Waals surface area contributed by atoms with E-state index in [1.54, 1.807) is 11.7 Å². The highest BCUT2D eigenvalue weighted by atomic mass is 35.6. The van der Waals surface area contributed by atoms with Crippen LogP contribution in [0.2, 0.25) is 0 Å². The predicted octanol–water partition coefficient (Wildman–Crippen LogP) is 3.18. The van der Waals surface area contributed by atoms with E-state index in [9.17, 15) is 9.59 Å². The third kappa shape index (κ3) is 3.37. The van der Waals surface area contributed by atoms with Crippen molar-refractivity contribution in [2.45, 2.75) is 28.8 Å². The first kappa shape index (κ1) is 16.6. The molecule has 0 atom stereocenters. The van der Waals surface area contributed by atoms with E-state index in [1.165, 1.54) is 19.4 Å². The number of rotatable bonds is 4. The molecule has 1 heterocycles. The quantitative estimate of drug-likeness (QED) is 0.473. The molecule has 0 amide bonds. The van der Waals surface area contributed by atoms with E-state index in [1.807, 2.05) is 0 Å². The minimum atomic E-state index is -2.06. The number of hydrogen-bond acceptors (Lipinski definition) is 4. The standard InChI is InChI=1S/C13H14Cl3NO4/c1-20-9-4-8(5-9)17-6-7(11(18)13(14,15)16)3-10(17)12(19)21-2/h3,6,8-9H,4-5H2,1-2H3. The Hall–Kier alpha value is -0.750. The Morgan fingerprint density at radius 2 is 1.90 bits per heavy atom. The minimum Gasteiger partial charge on any atom is -0.464 e. The van der Waals surface area contributed by atoms with Gasteiger partial charge in [-0.1, -0.05) is 34.8 Å². The number of carbonyl (C=O) groups is 2. The van der Waals surface area contributed by atoms with Crippen LogP contribution in [0.4, 0.5) is 0 Å².